The van der Waals surface area contributed by atoms with Crippen LogP contribution in [-0.4, -0.2) is 20.4 Å². The molecule has 0 spiro atoms. The molecule has 1 amide bonds. The van der Waals surface area contributed by atoms with E-state index in [0.717, 1.165) is 22.4 Å². The highest BCUT2D eigenvalue weighted by atomic mass is 16.2. The third-order valence-corrected chi connectivity index (χ3v) is 5.74. The number of rotatable bonds is 6. The number of carbonyl (C=O) groups is 1. The van der Waals surface area contributed by atoms with Crippen LogP contribution >= 0.6 is 0 Å². The molecular formula is C24H25N7O2. The lowest BCUT2D eigenvalue weighted by Crippen LogP contribution is -2.36. The van der Waals surface area contributed by atoms with Gasteiger partial charge in [0, 0.05) is 25.2 Å². The lowest BCUT2D eigenvalue weighted by molar-refractivity contribution is -0.124. The molecule has 33 heavy (non-hydrogen) atoms. The van der Waals surface area contributed by atoms with Gasteiger partial charge in [0.25, 0.3) is 5.56 Å². The summed E-state index contributed by atoms with van der Waals surface area (Å²) in [5, 5.41) is 15.2. The van der Waals surface area contributed by atoms with Crippen LogP contribution in [0.15, 0.2) is 41.3 Å². The summed E-state index contributed by atoms with van der Waals surface area (Å²) in [6, 6.07) is 10.6. The maximum atomic E-state index is 13.2. The van der Waals surface area contributed by atoms with Crippen molar-refractivity contribution in [2.24, 2.45) is 0 Å². The van der Waals surface area contributed by atoms with Crippen LogP contribution in [0.5, 0.6) is 0 Å². The van der Waals surface area contributed by atoms with Gasteiger partial charge >= 0.3 is 0 Å². The Morgan fingerprint density at radius 2 is 2.09 bits per heavy atom. The van der Waals surface area contributed by atoms with Crippen molar-refractivity contribution in [2.75, 3.05) is 11.1 Å². The molecule has 0 saturated heterocycles. The average Bonchev–Trinajstić information content (AvgIpc) is 3.22. The fraction of sp³-hybridized carbons (Fsp3) is 0.292. The van der Waals surface area contributed by atoms with Gasteiger partial charge in [0.2, 0.25) is 5.91 Å². The molecule has 168 valence electrons. The molecule has 2 aromatic heterocycles. The second kappa shape index (κ2) is 9.12. The zero-order chi connectivity index (χ0) is 23.5. The standard InChI is InChI=1S/C24H25N7O2/c1-14-7-16(10-25)9-17(8-14)11-27-19-13-28-22-6-4-20(31(22)24(19)33)23(32)29-12-18-3-5-21(26)30-15(18)2/h3,5,7-9,13,20,27H,4,6,11-12H2,1-2H3,(H2,26,30)(H,29,32)/t20-/m0/s1. The van der Waals surface area contributed by atoms with E-state index in [1.54, 1.807) is 18.2 Å². The Morgan fingerprint density at radius 3 is 2.85 bits per heavy atom. The lowest BCUT2D eigenvalue weighted by Gasteiger charge is -2.16. The smallest absolute Gasteiger partial charge is 0.277 e. The van der Waals surface area contributed by atoms with E-state index in [-0.39, 0.29) is 11.5 Å². The first-order chi connectivity index (χ1) is 15.9. The van der Waals surface area contributed by atoms with Crippen molar-refractivity contribution in [1.29, 1.82) is 5.26 Å². The first kappa shape index (κ1) is 22.0. The third-order valence-electron chi connectivity index (χ3n) is 5.74. The highest BCUT2D eigenvalue weighted by molar-refractivity contribution is 5.81. The third kappa shape index (κ3) is 4.70. The van der Waals surface area contributed by atoms with Crippen LogP contribution in [-0.2, 0) is 24.3 Å². The molecule has 1 aliphatic heterocycles. The first-order valence-electron chi connectivity index (χ1n) is 10.7. The summed E-state index contributed by atoms with van der Waals surface area (Å²) >= 11 is 0. The number of nitrogens with two attached hydrogens (primary N) is 1. The zero-order valence-electron chi connectivity index (χ0n) is 18.6. The number of nitrogen functional groups attached to an aromatic ring is 1. The van der Waals surface area contributed by atoms with Crippen molar-refractivity contribution >= 4 is 17.4 Å². The first-order valence-corrected chi connectivity index (χ1v) is 10.7. The molecule has 0 saturated carbocycles. The number of aromatic nitrogens is 3. The van der Waals surface area contributed by atoms with Crippen LogP contribution in [0.3, 0.4) is 0 Å². The van der Waals surface area contributed by atoms with Gasteiger partial charge in [0.05, 0.1) is 17.8 Å². The summed E-state index contributed by atoms with van der Waals surface area (Å²) in [5.74, 6) is 0.793. The molecule has 1 aliphatic rings. The molecule has 1 aromatic carbocycles. The van der Waals surface area contributed by atoms with E-state index in [4.69, 9.17) is 11.0 Å². The van der Waals surface area contributed by atoms with E-state index < -0.39 is 6.04 Å². The van der Waals surface area contributed by atoms with Gasteiger partial charge in [-0.15, -0.1) is 0 Å². The van der Waals surface area contributed by atoms with Crippen molar-refractivity contribution < 1.29 is 4.79 Å². The summed E-state index contributed by atoms with van der Waals surface area (Å²) in [7, 11) is 0. The number of nitrogens with zero attached hydrogens (tertiary/aromatic N) is 4. The van der Waals surface area contributed by atoms with Gasteiger partial charge < -0.3 is 16.4 Å². The van der Waals surface area contributed by atoms with Crippen molar-refractivity contribution in [3.63, 3.8) is 0 Å². The fourth-order valence-corrected chi connectivity index (χ4v) is 4.10. The van der Waals surface area contributed by atoms with E-state index >= 15 is 0 Å². The lowest BCUT2D eigenvalue weighted by atomic mass is 10.1. The number of anilines is 2. The summed E-state index contributed by atoms with van der Waals surface area (Å²) in [4.78, 5) is 34.7. The Morgan fingerprint density at radius 1 is 1.27 bits per heavy atom. The Kier molecular flexibility index (Phi) is 6.09. The molecule has 3 heterocycles. The minimum absolute atomic E-state index is 0.233. The van der Waals surface area contributed by atoms with Crippen LogP contribution < -0.4 is 21.9 Å². The number of aryl methyl sites for hydroxylation is 3. The topological polar surface area (TPSA) is 139 Å². The molecule has 1 atom stereocenters. The van der Waals surface area contributed by atoms with Crippen LogP contribution in [0, 0.1) is 25.2 Å². The monoisotopic (exact) mass is 443 g/mol. The van der Waals surface area contributed by atoms with Crippen LogP contribution in [0.25, 0.3) is 0 Å². The Hall–Kier alpha value is -4.19. The number of benzene rings is 1. The SMILES string of the molecule is Cc1cc(C#N)cc(CNc2cnc3n(c2=O)[C@H](C(=O)NCc2ccc(N)nc2C)CC3)c1. The van der Waals surface area contributed by atoms with Gasteiger partial charge in [-0.05, 0) is 55.2 Å². The maximum absolute atomic E-state index is 13.2. The Labute approximate surface area is 191 Å². The van der Waals surface area contributed by atoms with Crippen molar-refractivity contribution in [1.82, 2.24) is 19.9 Å². The number of hydrogen-bond donors (Lipinski definition) is 3. The number of hydrogen-bond acceptors (Lipinski definition) is 7. The number of pyridine rings is 1. The molecule has 0 unspecified atom stereocenters. The van der Waals surface area contributed by atoms with E-state index in [1.807, 2.05) is 26.0 Å². The predicted octanol–water partition coefficient (Wildman–Crippen LogP) is 2.12. The average molecular weight is 444 g/mol. The molecule has 9 heteroatoms. The minimum Gasteiger partial charge on any atom is -0.384 e. The number of nitriles is 1. The van der Waals surface area contributed by atoms with Crippen molar-refractivity contribution in [3.05, 3.63) is 80.7 Å². The largest absolute Gasteiger partial charge is 0.384 e. The van der Waals surface area contributed by atoms with Gasteiger partial charge in [0.1, 0.15) is 23.4 Å². The minimum atomic E-state index is -0.618. The van der Waals surface area contributed by atoms with Gasteiger partial charge in [-0.3, -0.25) is 14.2 Å². The summed E-state index contributed by atoms with van der Waals surface area (Å²) in [5.41, 5.74) is 9.77. The molecule has 4 rings (SSSR count). The summed E-state index contributed by atoms with van der Waals surface area (Å²) in [6.45, 7) is 4.43. The van der Waals surface area contributed by atoms with E-state index in [9.17, 15) is 9.59 Å². The summed E-state index contributed by atoms with van der Waals surface area (Å²) < 4.78 is 1.47. The Balaban J connectivity index is 1.49. The van der Waals surface area contributed by atoms with Gasteiger partial charge in [0.15, 0.2) is 0 Å². The predicted molar refractivity (Wildman–Crippen MR) is 124 cm³/mol. The molecule has 0 aliphatic carbocycles. The van der Waals surface area contributed by atoms with E-state index in [2.05, 4.69) is 26.7 Å². The Bertz CT molecular complexity index is 1320. The number of amides is 1. The highest BCUT2D eigenvalue weighted by Gasteiger charge is 2.31. The molecular weight excluding hydrogens is 418 g/mol. The van der Waals surface area contributed by atoms with Crippen LogP contribution in [0.2, 0.25) is 0 Å². The highest BCUT2D eigenvalue weighted by Crippen LogP contribution is 2.23. The normalized spacial score (nSPS) is 14.4. The number of nitrogens with one attached hydrogen (secondary N) is 2. The van der Waals surface area contributed by atoms with Gasteiger partial charge in [-0.2, -0.15) is 5.26 Å². The van der Waals surface area contributed by atoms with Crippen molar-refractivity contribution in [3.8, 4) is 6.07 Å². The maximum Gasteiger partial charge on any atom is 0.277 e. The second-order valence-corrected chi connectivity index (χ2v) is 8.19. The number of carbonyl (C=O) groups excluding carboxylic acids is 1. The van der Waals surface area contributed by atoms with Crippen LogP contribution in [0.1, 0.15) is 46.2 Å². The number of fused-ring (bicyclic) bond motifs is 1. The quantitative estimate of drug-likeness (QED) is 0.530. The van der Waals surface area contributed by atoms with E-state index in [1.165, 1.54) is 10.8 Å². The molecule has 9 nitrogen and oxygen atoms in total. The molecule has 0 bridgehead atoms. The molecule has 0 radical (unpaired) electrons. The second-order valence-electron chi connectivity index (χ2n) is 8.19. The molecule has 4 N–H and O–H groups in total. The molecule has 3 aromatic rings. The fourth-order valence-electron chi connectivity index (χ4n) is 4.10. The van der Waals surface area contributed by atoms with Gasteiger partial charge in [-0.1, -0.05) is 12.1 Å². The van der Waals surface area contributed by atoms with Crippen LogP contribution in [0.4, 0.5) is 11.5 Å². The van der Waals surface area contributed by atoms with Crippen molar-refractivity contribution in [2.45, 2.75) is 45.8 Å². The zero-order valence-corrected chi connectivity index (χ0v) is 18.6. The van der Waals surface area contributed by atoms with Gasteiger partial charge in [-0.25, -0.2) is 9.97 Å². The molecule has 0 fully saturated rings. The summed E-state index contributed by atoms with van der Waals surface area (Å²) in [6.07, 6.45) is 2.58. The van der Waals surface area contributed by atoms with E-state index in [0.29, 0.717) is 48.8 Å².